The van der Waals surface area contributed by atoms with Gasteiger partial charge in [-0.05, 0) is 177 Å². The molecule has 0 radical (unpaired) electrons. The van der Waals surface area contributed by atoms with E-state index in [1.54, 1.807) is 12.4 Å². The summed E-state index contributed by atoms with van der Waals surface area (Å²) in [6, 6.07) is 55.9. The quantitative estimate of drug-likeness (QED) is 0.0579. The van der Waals surface area contributed by atoms with Gasteiger partial charge in [-0.15, -0.1) is 12.4 Å². The van der Waals surface area contributed by atoms with Gasteiger partial charge in [-0.1, -0.05) is 72.8 Å². The maximum absolute atomic E-state index is 12.8. The van der Waals surface area contributed by atoms with Crippen molar-refractivity contribution in [2.45, 2.75) is 76.0 Å². The number of aromatic nitrogens is 8. The molecule has 8 aromatic rings. The minimum atomic E-state index is -0.573. The molecule has 0 saturated heterocycles. The molecule has 6 aromatic carbocycles. The van der Waals surface area contributed by atoms with Gasteiger partial charge in [0.1, 0.15) is 5.60 Å². The maximum Gasteiger partial charge on any atom is 0.408 e. The van der Waals surface area contributed by atoms with Crippen molar-refractivity contribution < 1.29 is 40.0 Å². The number of nitrogens with one attached hydrogen (secondary N) is 3. The number of ether oxygens (including phenoxy) is 1. The highest BCUT2D eigenvalue weighted by molar-refractivity contribution is 5.92. The monoisotopic (exact) mass is 1140 g/mol. The van der Waals surface area contributed by atoms with Crippen LogP contribution in [0.5, 0.6) is 0 Å². The topological polar surface area (TPSA) is 274 Å². The van der Waals surface area contributed by atoms with Crippen molar-refractivity contribution in [2.75, 3.05) is 11.0 Å². The Labute approximate surface area is 489 Å². The lowest BCUT2D eigenvalue weighted by Gasteiger charge is -2.43. The molecule has 0 bridgehead atoms. The van der Waals surface area contributed by atoms with Crippen molar-refractivity contribution in [3.8, 4) is 56.7 Å². The van der Waals surface area contributed by atoms with Crippen LogP contribution >= 0.6 is 12.4 Å². The molecule has 2 aliphatic carbocycles. The smallest absolute Gasteiger partial charge is 0.408 e. The Morgan fingerprint density at radius 3 is 1.35 bits per heavy atom. The molecule has 18 nitrogen and oxygen atoms in total. The molecular formula is C65H61ClN12O6. The number of fused-ring (bicyclic) bond motifs is 10. The lowest BCUT2D eigenvalue weighted by molar-refractivity contribution is -0.552. The molecule has 0 spiro atoms. The summed E-state index contributed by atoms with van der Waals surface area (Å²) in [4.78, 5) is 42.3. The number of hydrogen-bond donors (Lipinski definition) is 6. The largest absolute Gasteiger partial charge is 0.870 e. The Balaban J connectivity index is 0.000000183. The molecule has 0 atom stereocenters. The lowest BCUT2D eigenvalue weighted by Crippen LogP contribution is -2.52. The Hall–Kier alpha value is -9.40. The molecule has 424 valence electrons. The van der Waals surface area contributed by atoms with Gasteiger partial charge in [-0.3, -0.25) is 21.4 Å². The zero-order valence-electron chi connectivity index (χ0n) is 46.2. The molecule has 1 amide bonds. The van der Waals surface area contributed by atoms with E-state index < -0.39 is 17.2 Å². The number of pyridine rings is 2. The Kier molecular flexibility index (Phi) is 15.9. The normalized spacial score (nSPS) is 14.0. The summed E-state index contributed by atoms with van der Waals surface area (Å²) in [7, 11) is 0. The van der Waals surface area contributed by atoms with Gasteiger partial charge in [0.15, 0.2) is 22.4 Å². The zero-order valence-corrected chi connectivity index (χ0v) is 47.0. The molecule has 2 saturated carbocycles. The summed E-state index contributed by atoms with van der Waals surface area (Å²) in [6.45, 7) is 5.61. The number of benzene rings is 6. The minimum Gasteiger partial charge on any atom is -0.870 e. The number of imidazole rings is 2. The zero-order chi connectivity index (χ0) is 55.5. The number of carbonyl (C=O) groups is 1. The number of carbonyl (C=O) groups excluding carboxylic acids is 1. The number of para-hydroxylation sites is 2. The highest BCUT2D eigenvalue weighted by Gasteiger charge is 2.42. The third-order valence-corrected chi connectivity index (χ3v) is 15.7. The number of alkyl carbamates (subject to hydrolysis) is 1. The molecule has 6 aliphatic rings. The number of nitrogens with two attached hydrogens (primary N) is 1. The summed E-state index contributed by atoms with van der Waals surface area (Å²) < 4.78 is 9.90. The van der Waals surface area contributed by atoms with E-state index in [0.29, 0.717) is 22.7 Å². The SMILES string of the molecule is CC(C)(C)OC(=O)NC1(c2ccc(-c3c(-c4ccc(NO)cc4)nc4c5ccccc5nc5ncccc5[n+]3-4)cc2)CCC1.Cl.NC1(c2ccc(-c3c(-c4ccc(NO)cc4)nc4c5ccccc5nc5ncccc5[n+]3-4)cc2)CCC1.[OH-].[OH-]. The van der Waals surface area contributed by atoms with Crippen LogP contribution in [0.1, 0.15) is 70.4 Å². The Morgan fingerprint density at radius 1 is 0.536 bits per heavy atom. The maximum atomic E-state index is 12.8. The first-order valence-electron chi connectivity index (χ1n) is 27.2. The van der Waals surface area contributed by atoms with E-state index in [9.17, 15) is 15.2 Å². The molecule has 4 aliphatic heterocycles. The average Bonchev–Trinajstić information content (AvgIpc) is 2.25. The van der Waals surface area contributed by atoms with Gasteiger partial charge in [0.25, 0.3) is 0 Å². The van der Waals surface area contributed by atoms with Crippen LogP contribution < -0.4 is 31.1 Å². The standard InChI is InChI=1S/C35H32N6O3.C30H25N6O.ClH.2H2O/c1-34(2,3)44-33(42)39-35(19-7-20-35)24-15-11-23(12-16-24)30-29(22-13-17-25(40-43)18-14-22)38-32-26-8-4-5-9-27(26)37-31-28(41(30)32)10-6-21-36-31;31-30(16-4-17-30)21-12-8-20(9-13-21)27-26(19-10-14-22(35-37)15-11-19)34-29-23-5-1-2-6-24(23)33-28-25(36(27)29)7-3-18-32-28;;;/h4-6,8-18,21H,7,19-20H2,1-3H3,(H2-,36,37,38,39,40,42,43);1-3,5-15,18,35,37H,4,16-17,31H2;1H;2*1H2/q;+1;;;/p-1. The first-order valence-corrected chi connectivity index (χ1v) is 27.2. The van der Waals surface area contributed by atoms with Crippen molar-refractivity contribution in [1.82, 2.24) is 35.2 Å². The molecule has 2 aromatic heterocycles. The second-order valence-corrected chi connectivity index (χ2v) is 22.0. The first-order chi connectivity index (χ1) is 39.4. The molecule has 6 heterocycles. The average molecular weight is 1140 g/mol. The van der Waals surface area contributed by atoms with Gasteiger partial charge < -0.3 is 26.7 Å². The summed E-state index contributed by atoms with van der Waals surface area (Å²) in [6.07, 6.45) is 9.04. The molecule has 14 rings (SSSR count). The van der Waals surface area contributed by atoms with Gasteiger partial charge in [-0.2, -0.15) is 9.13 Å². The molecule has 0 unspecified atom stereocenters. The number of hydrogen-bond acceptors (Lipinski definition) is 15. The van der Waals surface area contributed by atoms with Gasteiger partial charge in [0, 0.05) is 40.2 Å². The molecule has 84 heavy (non-hydrogen) atoms. The fraction of sp³-hybridized carbons (Fsp3) is 0.185. The van der Waals surface area contributed by atoms with Crippen molar-refractivity contribution in [3.05, 3.63) is 193 Å². The van der Waals surface area contributed by atoms with Crippen molar-refractivity contribution in [3.63, 3.8) is 0 Å². The summed E-state index contributed by atoms with van der Waals surface area (Å²) in [5.41, 5.74) is 25.0. The second kappa shape index (κ2) is 23.1. The first kappa shape index (κ1) is 57.8. The molecule has 19 heteroatoms. The van der Waals surface area contributed by atoms with E-state index in [2.05, 4.69) is 83.9 Å². The lowest BCUT2D eigenvalue weighted by atomic mass is 9.71. The van der Waals surface area contributed by atoms with Crippen LogP contribution in [0, 0.1) is 0 Å². The van der Waals surface area contributed by atoms with Crippen molar-refractivity contribution >= 4 is 74.0 Å². The minimum absolute atomic E-state index is 0. The number of halogens is 1. The summed E-state index contributed by atoms with van der Waals surface area (Å²) >= 11 is 0. The Bertz CT molecular complexity index is 4290. The highest BCUT2D eigenvalue weighted by atomic mass is 35.5. The fourth-order valence-corrected chi connectivity index (χ4v) is 11.3. The van der Waals surface area contributed by atoms with Gasteiger partial charge in [0.05, 0.1) is 38.7 Å². The highest BCUT2D eigenvalue weighted by Crippen LogP contribution is 2.44. The van der Waals surface area contributed by atoms with Gasteiger partial charge in [0.2, 0.25) is 22.7 Å². The molecule has 2 fully saturated rings. The third kappa shape index (κ3) is 10.5. The number of anilines is 2. The van der Waals surface area contributed by atoms with E-state index in [4.69, 9.17) is 30.4 Å². The van der Waals surface area contributed by atoms with Crippen LogP contribution in [0.15, 0.2) is 182 Å². The number of amides is 1. The summed E-state index contributed by atoms with van der Waals surface area (Å²) in [5, 5.41) is 23.8. The van der Waals surface area contributed by atoms with Crippen LogP contribution in [0.3, 0.4) is 0 Å². The fourth-order valence-electron chi connectivity index (χ4n) is 11.3. The van der Waals surface area contributed by atoms with E-state index in [-0.39, 0.29) is 28.9 Å². The predicted molar refractivity (Wildman–Crippen MR) is 323 cm³/mol. The van der Waals surface area contributed by atoms with E-state index in [1.165, 1.54) is 12.0 Å². The van der Waals surface area contributed by atoms with E-state index in [1.807, 2.05) is 142 Å². The van der Waals surface area contributed by atoms with Gasteiger partial charge in [-0.25, -0.2) is 24.7 Å². The van der Waals surface area contributed by atoms with Gasteiger partial charge >= 0.3 is 17.7 Å². The van der Waals surface area contributed by atoms with Crippen LogP contribution in [-0.2, 0) is 15.8 Å². The number of rotatable bonds is 9. The van der Waals surface area contributed by atoms with Crippen molar-refractivity contribution in [1.29, 1.82) is 0 Å². The van der Waals surface area contributed by atoms with Crippen molar-refractivity contribution in [2.24, 2.45) is 5.73 Å². The van der Waals surface area contributed by atoms with Crippen LogP contribution in [-0.4, -0.2) is 63.0 Å². The van der Waals surface area contributed by atoms with E-state index >= 15 is 0 Å². The third-order valence-electron chi connectivity index (χ3n) is 15.7. The number of nitrogens with zero attached hydrogens (tertiary/aromatic N) is 8. The van der Waals surface area contributed by atoms with Crippen LogP contribution in [0.4, 0.5) is 16.2 Å². The Morgan fingerprint density at radius 2 is 0.952 bits per heavy atom. The van der Waals surface area contributed by atoms with Crippen LogP contribution in [0.2, 0.25) is 0 Å². The molecule has 9 N–H and O–H groups in total. The predicted octanol–water partition coefficient (Wildman–Crippen LogP) is 12.4. The second-order valence-electron chi connectivity index (χ2n) is 22.0. The van der Waals surface area contributed by atoms with Crippen LogP contribution in [0.25, 0.3) is 101 Å². The summed E-state index contributed by atoms with van der Waals surface area (Å²) in [5.74, 6) is 1.57. The molecular weight excluding hydrogens is 1080 g/mol. The van der Waals surface area contributed by atoms with E-state index in [0.717, 1.165) is 127 Å².